The van der Waals surface area contributed by atoms with Gasteiger partial charge in [0, 0.05) is 20.6 Å². The number of hydrogen-bond acceptors (Lipinski definition) is 3. The van der Waals surface area contributed by atoms with Gasteiger partial charge < -0.3 is 10.2 Å². The van der Waals surface area contributed by atoms with E-state index in [1.54, 1.807) is 22.3 Å². The fraction of sp³-hybridized carbons (Fsp3) is 0.143. The number of anilines is 1. The van der Waals surface area contributed by atoms with E-state index < -0.39 is 0 Å². The normalized spacial score (nSPS) is 16.4. The zero-order valence-corrected chi connectivity index (χ0v) is 17.0. The summed E-state index contributed by atoms with van der Waals surface area (Å²) in [5.41, 5.74) is 3.32. The molecule has 1 aromatic heterocycles. The Morgan fingerprint density at radius 1 is 1.19 bits per heavy atom. The summed E-state index contributed by atoms with van der Waals surface area (Å²) < 4.78 is 0.717. The van der Waals surface area contributed by atoms with Gasteiger partial charge in [0.25, 0.3) is 5.91 Å². The predicted molar refractivity (Wildman–Crippen MR) is 111 cm³/mol. The first-order valence-electron chi connectivity index (χ1n) is 8.54. The Morgan fingerprint density at radius 3 is 2.74 bits per heavy atom. The van der Waals surface area contributed by atoms with Gasteiger partial charge in [-0.2, -0.15) is 0 Å². The molecule has 1 N–H and O–H groups in total. The van der Waals surface area contributed by atoms with Crippen molar-refractivity contribution in [3.8, 4) is 0 Å². The lowest BCUT2D eigenvalue weighted by molar-refractivity contribution is -0.117. The first-order chi connectivity index (χ1) is 13.0. The molecule has 2 aromatic carbocycles. The van der Waals surface area contributed by atoms with Crippen molar-refractivity contribution in [1.82, 2.24) is 4.90 Å². The van der Waals surface area contributed by atoms with Crippen molar-refractivity contribution >= 4 is 44.8 Å². The Hall–Kier alpha value is -2.44. The number of carbonyl (C=O) groups excluding carboxylic acids is 2. The highest BCUT2D eigenvalue weighted by atomic mass is 79.9. The van der Waals surface area contributed by atoms with E-state index in [2.05, 4.69) is 21.2 Å². The molecule has 4 rings (SSSR count). The molecular weight excluding hydrogens is 424 g/mol. The van der Waals surface area contributed by atoms with Gasteiger partial charge in [0.15, 0.2) is 0 Å². The molecule has 0 aliphatic carbocycles. The maximum Gasteiger partial charge on any atom is 0.256 e. The molecule has 1 aliphatic rings. The number of aryl methyl sites for hydroxylation is 1. The zero-order chi connectivity index (χ0) is 19.0. The molecule has 2 amide bonds. The molecule has 4 nitrogen and oxygen atoms in total. The molecule has 1 atom stereocenters. The van der Waals surface area contributed by atoms with Crippen LogP contribution in [0.15, 0.2) is 64.5 Å². The van der Waals surface area contributed by atoms with Crippen LogP contribution in [0.5, 0.6) is 0 Å². The summed E-state index contributed by atoms with van der Waals surface area (Å²) in [6, 6.07) is 16.9. The molecule has 1 aliphatic heterocycles. The molecule has 0 spiro atoms. The van der Waals surface area contributed by atoms with Crippen molar-refractivity contribution in [1.29, 1.82) is 0 Å². The first kappa shape index (κ1) is 17.9. The standard InChI is InChI=1S/C21H17BrN2O2S/c1-13-8-9-17-15(11-13)20(18-7-4-10-27-18)24(12-19(25)23-17)21(26)14-5-2-3-6-16(14)22/h2-11,20H,12H2,1H3,(H,23,25). The molecular formula is C21H17BrN2O2S. The average Bonchev–Trinajstić information content (AvgIpc) is 3.13. The van der Waals surface area contributed by atoms with Gasteiger partial charge in [-0.15, -0.1) is 11.3 Å². The summed E-state index contributed by atoms with van der Waals surface area (Å²) in [5, 5.41) is 4.94. The van der Waals surface area contributed by atoms with Crippen LogP contribution in [-0.4, -0.2) is 23.3 Å². The Balaban J connectivity index is 1.89. The summed E-state index contributed by atoms with van der Waals surface area (Å²) in [4.78, 5) is 28.7. The Labute approximate surface area is 170 Å². The molecule has 0 fully saturated rings. The molecule has 6 heteroatoms. The maximum atomic E-state index is 13.4. The number of benzene rings is 2. The lowest BCUT2D eigenvalue weighted by Crippen LogP contribution is -2.38. The second kappa shape index (κ2) is 7.29. The van der Waals surface area contributed by atoms with Crippen LogP contribution in [0.3, 0.4) is 0 Å². The topological polar surface area (TPSA) is 49.4 Å². The van der Waals surface area contributed by atoms with Crippen LogP contribution in [0.2, 0.25) is 0 Å². The van der Waals surface area contributed by atoms with E-state index in [1.165, 1.54) is 0 Å². The lowest BCUT2D eigenvalue weighted by Gasteiger charge is -2.30. The highest BCUT2D eigenvalue weighted by Gasteiger charge is 2.35. The van der Waals surface area contributed by atoms with Gasteiger partial charge in [-0.1, -0.05) is 35.9 Å². The minimum absolute atomic E-state index is 0.00351. The fourth-order valence-corrected chi connectivity index (χ4v) is 4.67. The van der Waals surface area contributed by atoms with Crippen molar-refractivity contribution < 1.29 is 9.59 Å². The third kappa shape index (κ3) is 3.42. The third-order valence-corrected chi connectivity index (χ3v) is 6.20. The minimum Gasteiger partial charge on any atom is -0.324 e. The second-order valence-corrected chi connectivity index (χ2v) is 8.30. The van der Waals surface area contributed by atoms with Crippen molar-refractivity contribution in [2.24, 2.45) is 0 Å². The van der Waals surface area contributed by atoms with E-state index in [9.17, 15) is 9.59 Å². The summed E-state index contributed by atoms with van der Waals surface area (Å²) in [5.74, 6) is -0.370. The van der Waals surface area contributed by atoms with Crippen LogP contribution in [-0.2, 0) is 4.79 Å². The number of hydrogen-bond donors (Lipinski definition) is 1. The van der Waals surface area contributed by atoms with Gasteiger partial charge in [0.05, 0.1) is 11.6 Å². The van der Waals surface area contributed by atoms with E-state index >= 15 is 0 Å². The van der Waals surface area contributed by atoms with E-state index in [0.717, 1.165) is 21.7 Å². The summed E-state index contributed by atoms with van der Waals surface area (Å²) >= 11 is 5.05. The van der Waals surface area contributed by atoms with Crippen LogP contribution in [0.25, 0.3) is 0 Å². The molecule has 136 valence electrons. The van der Waals surface area contributed by atoms with Crippen LogP contribution in [0.1, 0.15) is 32.4 Å². The number of rotatable bonds is 2. The number of nitrogens with one attached hydrogen (secondary N) is 1. The molecule has 0 bridgehead atoms. The van der Waals surface area contributed by atoms with Crippen LogP contribution in [0, 0.1) is 6.92 Å². The van der Waals surface area contributed by atoms with Gasteiger partial charge in [0.1, 0.15) is 6.54 Å². The third-order valence-electron chi connectivity index (χ3n) is 4.58. The lowest BCUT2D eigenvalue weighted by atomic mass is 9.99. The van der Waals surface area contributed by atoms with E-state index in [0.29, 0.717) is 10.0 Å². The first-order valence-corrected chi connectivity index (χ1v) is 10.2. The van der Waals surface area contributed by atoms with E-state index in [-0.39, 0.29) is 24.4 Å². The number of fused-ring (bicyclic) bond motifs is 1. The van der Waals surface area contributed by atoms with Crippen molar-refractivity contribution in [3.05, 3.63) is 86.0 Å². The number of amides is 2. The number of halogens is 1. The smallest absolute Gasteiger partial charge is 0.256 e. The SMILES string of the molecule is Cc1ccc2c(c1)C(c1cccs1)N(C(=O)c1ccccc1Br)CC(=O)N2. The van der Waals surface area contributed by atoms with Crippen molar-refractivity contribution in [2.75, 3.05) is 11.9 Å². The van der Waals surface area contributed by atoms with Crippen molar-refractivity contribution in [2.45, 2.75) is 13.0 Å². The van der Waals surface area contributed by atoms with E-state index in [4.69, 9.17) is 0 Å². The molecule has 3 aromatic rings. The monoisotopic (exact) mass is 440 g/mol. The minimum atomic E-state index is -0.321. The van der Waals surface area contributed by atoms with Crippen LogP contribution >= 0.6 is 27.3 Å². The van der Waals surface area contributed by atoms with Gasteiger partial charge in [0.2, 0.25) is 5.91 Å². The summed E-state index contributed by atoms with van der Waals surface area (Å²) in [6.45, 7) is 2.01. The Morgan fingerprint density at radius 2 is 2.00 bits per heavy atom. The predicted octanol–water partition coefficient (Wildman–Crippen LogP) is 5.00. The molecule has 0 saturated carbocycles. The van der Waals surface area contributed by atoms with Crippen LogP contribution in [0.4, 0.5) is 5.69 Å². The quantitative estimate of drug-likeness (QED) is 0.609. The Kier molecular flexibility index (Phi) is 4.85. The molecule has 1 unspecified atom stereocenters. The zero-order valence-electron chi connectivity index (χ0n) is 14.6. The molecule has 27 heavy (non-hydrogen) atoms. The van der Waals surface area contributed by atoms with Crippen LogP contribution < -0.4 is 5.32 Å². The molecule has 2 heterocycles. The maximum absolute atomic E-state index is 13.4. The highest BCUT2D eigenvalue weighted by molar-refractivity contribution is 9.10. The van der Waals surface area contributed by atoms with Gasteiger partial charge in [-0.3, -0.25) is 9.59 Å². The number of thiophene rings is 1. The fourth-order valence-electron chi connectivity index (χ4n) is 3.36. The number of nitrogens with zero attached hydrogens (tertiary/aromatic N) is 1. The Bertz CT molecular complexity index is 1020. The van der Waals surface area contributed by atoms with Gasteiger partial charge in [-0.25, -0.2) is 0 Å². The van der Waals surface area contributed by atoms with Crippen molar-refractivity contribution in [3.63, 3.8) is 0 Å². The highest BCUT2D eigenvalue weighted by Crippen LogP contribution is 2.39. The summed E-state index contributed by atoms with van der Waals surface area (Å²) in [6.07, 6.45) is 0. The van der Waals surface area contributed by atoms with Gasteiger partial charge >= 0.3 is 0 Å². The van der Waals surface area contributed by atoms with E-state index in [1.807, 2.05) is 60.8 Å². The summed E-state index contributed by atoms with van der Waals surface area (Å²) in [7, 11) is 0. The molecule has 0 radical (unpaired) electrons. The van der Waals surface area contributed by atoms with Gasteiger partial charge in [-0.05, 0) is 52.5 Å². The average molecular weight is 441 g/mol. The largest absolute Gasteiger partial charge is 0.324 e. The molecule has 0 saturated heterocycles. The second-order valence-electron chi connectivity index (χ2n) is 6.47. The number of carbonyl (C=O) groups is 2.